The molecule has 3 rings (SSSR count). The maximum Gasteiger partial charge on any atom is 0.262 e. The summed E-state index contributed by atoms with van der Waals surface area (Å²) < 4.78 is 33.8. The maximum atomic E-state index is 12.5. The topological polar surface area (TPSA) is 84.5 Å². The van der Waals surface area contributed by atoms with E-state index in [1.165, 1.54) is 24.3 Å². The molecule has 0 aromatic heterocycles. The summed E-state index contributed by atoms with van der Waals surface area (Å²) in [6.07, 6.45) is 0. The molecule has 6 nitrogen and oxygen atoms in total. The van der Waals surface area contributed by atoms with Crippen LogP contribution < -0.4 is 14.8 Å². The van der Waals surface area contributed by atoms with Crippen LogP contribution in [0.15, 0.2) is 82.2 Å². The number of ether oxygens (including phenoxy) is 1. The molecule has 0 atom stereocenters. The largest absolute Gasteiger partial charge is 0.484 e. The average molecular weight is 475 g/mol. The third-order valence-electron chi connectivity index (χ3n) is 4.02. The summed E-state index contributed by atoms with van der Waals surface area (Å²) in [4.78, 5) is 12.1. The molecule has 2 N–H and O–H groups in total. The summed E-state index contributed by atoms with van der Waals surface area (Å²) in [5.41, 5.74) is 2.14. The lowest BCUT2D eigenvalue weighted by Crippen LogP contribution is -2.20. The van der Waals surface area contributed by atoms with Crippen LogP contribution >= 0.6 is 15.9 Å². The van der Waals surface area contributed by atoms with E-state index >= 15 is 0 Å². The number of hydrogen-bond acceptors (Lipinski definition) is 4. The molecule has 0 radical (unpaired) electrons. The van der Waals surface area contributed by atoms with Gasteiger partial charge in [-0.2, -0.15) is 0 Å². The van der Waals surface area contributed by atoms with Gasteiger partial charge in [0, 0.05) is 15.8 Å². The van der Waals surface area contributed by atoms with E-state index in [0.717, 1.165) is 15.7 Å². The second kappa shape index (κ2) is 9.11. The number of benzene rings is 3. The molecule has 0 fully saturated rings. The van der Waals surface area contributed by atoms with Crippen molar-refractivity contribution in [1.82, 2.24) is 0 Å². The lowest BCUT2D eigenvalue weighted by molar-refractivity contribution is -0.118. The number of aryl methyl sites for hydroxylation is 1. The lowest BCUT2D eigenvalue weighted by atomic mass is 10.2. The first-order valence-corrected chi connectivity index (χ1v) is 11.0. The van der Waals surface area contributed by atoms with E-state index in [4.69, 9.17) is 4.74 Å². The molecule has 1 amide bonds. The standard InChI is InChI=1S/C21H19BrN2O4S/c1-15-4-2-3-5-20(15)23-21(25)14-28-18-10-12-19(13-11-18)29(26,27)24-17-8-6-16(22)7-9-17/h2-13,24H,14H2,1H3,(H,23,25). The molecule has 0 bridgehead atoms. The number of nitrogens with one attached hydrogen (secondary N) is 2. The Morgan fingerprint density at radius 2 is 1.62 bits per heavy atom. The number of anilines is 2. The number of halogens is 1. The second-order valence-electron chi connectivity index (χ2n) is 6.24. The predicted molar refractivity (Wildman–Crippen MR) is 117 cm³/mol. The van der Waals surface area contributed by atoms with E-state index in [2.05, 4.69) is 26.0 Å². The molecule has 0 aliphatic rings. The van der Waals surface area contributed by atoms with Crippen molar-refractivity contribution in [3.8, 4) is 5.75 Å². The summed E-state index contributed by atoms with van der Waals surface area (Å²) in [7, 11) is -3.72. The SMILES string of the molecule is Cc1ccccc1NC(=O)COc1ccc(S(=O)(=O)Nc2ccc(Br)cc2)cc1. The minimum Gasteiger partial charge on any atom is -0.484 e. The minimum atomic E-state index is -3.72. The smallest absolute Gasteiger partial charge is 0.262 e. The zero-order valence-electron chi connectivity index (χ0n) is 15.6. The first-order chi connectivity index (χ1) is 13.8. The molecule has 3 aromatic carbocycles. The second-order valence-corrected chi connectivity index (χ2v) is 8.83. The number of carbonyl (C=O) groups is 1. The lowest BCUT2D eigenvalue weighted by Gasteiger charge is -2.11. The Hall–Kier alpha value is -2.84. The van der Waals surface area contributed by atoms with Crippen molar-refractivity contribution in [2.75, 3.05) is 16.6 Å². The fourth-order valence-corrected chi connectivity index (χ4v) is 3.82. The Morgan fingerprint density at radius 1 is 0.966 bits per heavy atom. The molecular formula is C21H19BrN2O4S. The number of sulfonamides is 1. The van der Waals surface area contributed by atoms with Crippen molar-refractivity contribution < 1.29 is 17.9 Å². The zero-order chi connectivity index (χ0) is 20.9. The van der Waals surface area contributed by atoms with Crippen molar-refractivity contribution in [2.45, 2.75) is 11.8 Å². The Balaban J connectivity index is 1.58. The van der Waals surface area contributed by atoms with Gasteiger partial charge in [0.1, 0.15) is 5.75 Å². The number of hydrogen-bond donors (Lipinski definition) is 2. The summed E-state index contributed by atoms with van der Waals surface area (Å²) >= 11 is 3.31. The van der Waals surface area contributed by atoms with Gasteiger partial charge < -0.3 is 10.1 Å². The molecule has 0 heterocycles. The fraction of sp³-hybridized carbons (Fsp3) is 0.0952. The average Bonchev–Trinajstić information content (AvgIpc) is 2.70. The van der Waals surface area contributed by atoms with Crippen molar-refractivity contribution in [1.29, 1.82) is 0 Å². The maximum absolute atomic E-state index is 12.5. The van der Waals surface area contributed by atoms with Crippen LogP contribution in [0.4, 0.5) is 11.4 Å². The van der Waals surface area contributed by atoms with E-state index in [9.17, 15) is 13.2 Å². The predicted octanol–water partition coefficient (Wildman–Crippen LogP) is 4.58. The van der Waals surface area contributed by atoms with Crippen LogP contribution in [-0.2, 0) is 14.8 Å². The van der Waals surface area contributed by atoms with Gasteiger partial charge in [0.25, 0.3) is 15.9 Å². The van der Waals surface area contributed by atoms with Crippen LogP contribution in [0.1, 0.15) is 5.56 Å². The van der Waals surface area contributed by atoms with Crippen LogP contribution in [0.25, 0.3) is 0 Å². The summed E-state index contributed by atoms with van der Waals surface area (Å²) in [5.74, 6) is 0.0976. The Kier molecular flexibility index (Phi) is 6.56. The molecule has 3 aromatic rings. The summed E-state index contributed by atoms with van der Waals surface area (Å²) in [6.45, 7) is 1.72. The highest BCUT2D eigenvalue weighted by Gasteiger charge is 2.14. The van der Waals surface area contributed by atoms with Crippen molar-refractivity contribution >= 4 is 43.2 Å². The van der Waals surface area contributed by atoms with Crippen LogP contribution in [0.5, 0.6) is 5.75 Å². The minimum absolute atomic E-state index is 0.0946. The molecule has 29 heavy (non-hydrogen) atoms. The van der Waals surface area contributed by atoms with Gasteiger partial charge in [-0.25, -0.2) is 8.42 Å². The summed E-state index contributed by atoms with van der Waals surface area (Å²) in [6, 6.07) is 20.1. The van der Waals surface area contributed by atoms with Crippen LogP contribution in [-0.4, -0.2) is 20.9 Å². The third-order valence-corrected chi connectivity index (χ3v) is 5.95. The number of para-hydroxylation sites is 1. The van der Waals surface area contributed by atoms with Crippen LogP contribution in [0.3, 0.4) is 0 Å². The van der Waals surface area contributed by atoms with Gasteiger partial charge in [0.15, 0.2) is 6.61 Å². The monoisotopic (exact) mass is 474 g/mol. The summed E-state index contributed by atoms with van der Waals surface area (Å²) in [5, 5.41) is 2.77. The molecule has 0 saturated heterocycles. The highest BCUT2D eigenvalue weighted by Crippen LogP contribution is 2.21. The van der Waals surface area contributed by atoms with E-state index in [-0.39, 0.29) is 17.4 Å². The Bertz CT molecular complexity index is 1100. The van der Waals surface area contributed by atoms with Gasteiger partial charge >= 0.3 is 0 Å². The van der Waals surface area contributed by atoms with Gasteiger partial charge in [-0.1, -0.05) is 34.1 Å². The number of rotatable bonds is 7. The molecule has 0 spiro atoms. The molecule has 0 saturated carbocycles. The van der Waals surface area contributed by atoms with Crippen LogP contribution in [0, 0.1) is 6.92 Å². The van der Waals surface area contributed by atoms with E-state index in [0.29, 0.717) is 11.4 Å². The van der Waals surface area contributed by atoms with E-state index in [1.807, 2.05) is 31.2 Å². The van der Waals surface area contributed by atoms with Gasteiger partial charge in [0.05, 0.1) is 4.90 Å². The van der Waals surface area contributed by atoms with Crippen LogP contribution in [0.2, 0.25) is 0 Å². The van der Waals surface area contributed by atoms with Gasteiger partial charge in [-0.15, -0.1) is 0 Å². The highest BCUT2D eigenvalue weighted by molar-refractivity contribution is 9.10. The molecule has 0 aliphatic carbocycles. The number of amides is 1. The molecular weight excluding hydrogens is 456 g/mol. The molecule has 150 valence electrons. The molecule has 8 heteroatoms. The zero-order valence-corrected chi connectivity index (χ0v) is 18.0. The third kappa shape index (κ3) is 5.82. The van der Waals surface area contributed by atoms with Gasteiger partial charge in [-0.3, -0.25) is 9.52 Å². The van der Waals surface area contributed by atoms with E-state index in [1.54, 1.807) is 24.3 Å². The van der Waals surface area contributed by atoms with E-state index < -0.39 is 10.0 Å². The van der Waals surface area contributed by atoms with Crippen molar-refractivity contribution in [3.63, 3.8) is 0 Å². The molecule has 0 aliphatic heterocycles. The normalized spacial score (nSPS) is 11.0. The molecule has 0 unspecified atom stereocenters. The van der Waals surface area contributed by atoms with Gasteiger partial charge in [0.2, 0.25) is 0 Å². The Labute approximate surface area is 178 Å². The van der Waals surface area contributed by atoms with Crippen molar-refractivity contribution in [3.05, 3.63) is 82.8 Å². The number of carbonyl (C=O) groups excluding carboxylic acids is 1. The first kappa shape index (κ1) is 20.9. The Morgan fingerprint density at radius 3 is 2.28 bits per heavy atom. The van der Waals surface area contributed by atoms with Gasteiger partial charge in [-0.05, 0) is 67.1 Å². The first-order valence-electron chi connectivity index (χ1n) is 8.70. The quantitative estimate of drug-likeness (QED) is 0.524. The highest BCUT2D eigenvalue weighted by atomic mass is 79.9. The van der Waals surface area contributed by atoms with Crippen molar-refractivity contribution in [2.24, 2.45) is 0 Å². The fourth-order valence-electron chi connectivity index (χ4n) is 2.50.